The molecule has 0 saturated heterocycles. The first-order valence-corrected chi connectivity index (χ1v) is 4.97. The third-order valence-electron chi connectivity index (χ3n) is 1.90. The first-order valence-electron chi connectivity index (χ1n) is 4.16. The molecule has 14 heavy (non-hydrogen) atoms. The van der Waals surface area contributed by atoms with Gasteiger partial charge in [-0.1, -0.05) is 28.7 Å². The van der Waals surface area contributed by atoms with E-state index in [9.17, 15) is 0 Å². The predicted octanol–water partition coefficient (Wildman–Crippen LogP) is 1.88. The van der Waals surface area contributed by atoms with Gasteiger partial charge in [0.1, 0.15) is 0 Å². The van der Waals surface area contributed by atoms with Gasteiger partial charge in [0.15, 0.2) is 0 Å². The minimum atomic E-state index is 0.851. The predicted molar refractivity (Wildman–Crippen MR) is 54.5 cm³/mol. The highest BCUT2D eigenvalue weighted by molar-refractivity contribution is 7.20. The minimum Gasteiger partial charge on any atom is -0.218 e. The molecule has 0 aliphatic heterocycles. The summed E-state index contributed by atoms with van der Waals surface area (Å²) in [5.74, 6) is 0. The number of benzene rings is 1. The molecule has 0 radical (unpaired) electrons. The number of aromatic nitrogens is 4. The summed E-state index contributed by atoms with van der Waals surface area (Å²) >= 11 is 1.60. The van der Waals surface area contributed by atoms with Crippen molar-refractivity contribution in [2.24, 2.45) is 0 Å². The molecule has 0 fully saturated rings. The lowest BCUT2D eigenvalue weighted by atomic mass is 10.3. The van der Waals surface area contributed by atoms with Gasteiger partial charge in [0.25, 0.3) is 0 Å². The first kappa shape index (κ1) is 7.64. The second-order valence-corrected chi connectivity index (χ2v) is 3.82. The normalized spacial score (nSPS) is 10.9. The van der Waals surface area contributed by atoms with E-state index in [4.69, 9.17) is 0 Å². The Labute approximate surface area is 83.8 Å². The second-order valence-electron chi connectivity index (χ2n) is 2.81. The van der Waals surface area contributed by atoms with E-state index in [2.05, 4.69) is 15.3 Å². The van der Waals surface area contributed by atoms with E-state index in [1.807, 2.05) is 24.3 Å². The number of thiazole rings is 1. The van der Waals surface area contributed by atoms with Gasteiger partial charge in [-0.3, -0.25) is 0 Å². The van der Waals surface area contributed by atoms with Crippen molar-refractivity contribution < 1.29 is 0 Å². The van der Waals surface area contributed by atoms with Gasteiger partial charge in [-0.25, -0.2) is 4.98 Å². The number of fused-ring (bicyclic) bond motifs is 1. The maximum absolute atomic E-state index is 4.43. The molecule has 5 heteroatoms. The number of hydrogen-bond donors (Lipinski definition) is 0. The van der Waals surface area contributed by atoms with Crippen LogP contribution in [0, 0.1) is 0 Å². The zero-order valence-electron chi connectivity index (χ0n) is 7.16. The number of nitrogens with zero attached hydrogens (tertiary/aromatic N) is 4. The molecular weight excluding hydrogens is 196 g/mol. The van der Waals surface area contributed by atoms with Crippen LogP contribution in [0.15, 0.2) is 36.7 Å². The van der Waals surface area contributed by atoms with Crippen molar-refractivity contribution in [2.75, 3.05) is 0 Å². The summed E-state index contributed by atoms with van der Waals surface area (Å²) in [5, 5.41) is 8.50. The summed E-state index contributed by atoms with van der Waals surface area (Å²) in [6.45, 7) is 0. The molecule has 0 aliphatic carbocycles. The highest BCUT2D eigenvalue weighted by Gasteiger charge is 2.04. The van der Waals surface area contributed by atoms with Crippen LogP contribution in [0.3, 0.4) is 0 Å². The van der Waals surface area contributed by atoms with Gasteiger partial charge in [-0.05, 0) is 12.1 Å². The molecule has 4 nitrogen and oxygen atoms in total. The van der Waals surface area contributed by atoms with Crippen LogP contribution in [0.2, 0.25) is 0 Å². The molecule has 0 amide bonds. The summed E-state index contributed by atoms with van der Waals surface area (Å²) in [5.41, 5.74) is 1.00. The summed E-state index contributed by atoms with van der Waals surface area (Å²) in [7, 11) is 0. The Morgan fingerprint density at radius 2 is 2.14 bits per heavy atom. The van der Waals surface area contributed by atoms with Crippen LogP contribution >= 0.6 is 11.3 Å². The van der Waals surface area contributed by atoms with Crippen molar-refractivity contribution in [3.05, 3.63) is 36.7 Å². The molecule has 3 aromatic rings. The topological polar surface area (TPSA) is 43.6 Å². The third-order valence-corrected chi connectivity index (χ3v) is 2.93. The molecule has 3 rings (SSSR count). The van der Waals surface area contributed by atoms with E-state index in [0.717, 1.165) is 15.3 Å². The highest BCUT2D eigenvalue weighted by atomic mass is 32.1. The molecule has 0 N–H and O–H groups in total. The Balaban J connectivity index is 2.24. The van der Waals surface area contributed by atoms with Gasteiger partial charge >= 0.3 is 0 Å². The molecule has 0 atom stereocenters. The van der Waals surface area contributed by atoms with Crippen molar-refractivity contribution in [1.29, 1.82) is 0 Å². The number of rotatable bonds is 1. The largest absolute Gasteiger partial charge is 0.218 e. The Kier molecular flexibility index (Phi) is 1.57. The molecule has 2 heterocycles. The first-order chi connectivity index (χ1) is 6.93. The summed E-state index contributed by atoms with van der Waals surface area (Å²) in [6, 6.07) is 8.03. The fourth-order valence-corrected chi connectivity index (χ4v) is 2.16. The van der Waals surface area contributed by atoms with Crippen LogP contribution in [0.4, 0.5) is 0 Å². The van der Waals surface area contributed by atoms with Crippen molar-refractivity contribution in [3.8, 4) is 5.13 Å². The molecule has 0 unspecified atom stereocenters. The molecule has 0 spiro atoms. The van der Waals surface area contributed by atoms with Gasteiger partial charge in [0, 0.05) is 0 Å². The monoisotopic (exact) mass is 202 g/mol. The summed E-state index contributed by atoms with van der Waals surface area (Å²) < 4.78 is 2.84. The molecule has 0 aliphatic rings. The Morgan fingerprint density at radius 1 is 1.21 bits per heavy atom. The lowest BCUT2D eigenvalue weighted by Gasteiger charge is -1.88. The lowest BCUT2D eigenvalue weighted by molar-refractivity contribution is 0.799. The molecule has 68 valence electrons. The maximum atomic E-state index is 4.43. The standard InChI is InChI=1S/C9H6N4S/c1-2-4-8-7(3-1)11-9(14-8)13-6-5-10-12-13/h1-6H. The van der Waals surface area contributed by atoms with Gasteiger partial charge in [-0.2, -0.15) is 4.68 Å². The Bertz CT molecular complexity index is 522. The van der Waals surface area contributed by atoms with Gasteiger partial charge < -0.3 is 0 Å². The van der Waals surface area contributed by atoms with Crippen LogP contribution in [0.25, 0.3) is 15.3 Å². The summed E-state index contributed by atoms with van der Waals surface area (Å²) in [4.78, 5) is 4.43. The van der Waals surface area contributed by atoms with Crippen LogP contribution < -0.4 is 0 Å². The fourth-order valence-electron chi connectivity index (χ4n) is 1.27. The SMILES string of the molecule is c1ccc2sc(-n3ccnn3)nc2c1. The van der Waals surface area contributed by atoms with E-state index >= 15 is 0 Å². The number of para-hydroxylation sites is 1. The lowest BCUT2D eigenvalue weighted by Crippen LogP contribution is -1.92. The van der Waals surface area contributed by atoms with E-state index < -0.39 is 0 Å². The maximum Gasteiger partial charge on any atom is 0.212 e. The molecular formula is C9H6N4S. The van der Waals surface area contributed by atoms with Crippen molar-refractivity contribution in [3.63, 3.8) is 0 Å². The van der Waals surface area contributed by atoms with Crippen LogP contribution in [0.1, 0.15) is 0 Å². The van der Waals surface area contributed by atoms with E-state index in [0.29, 0.717) is 0 Å². The Hall–Kier alpha value is -1.75. The van der Waals surface area contributed by atoms with Crippen LogP contribution in [-0.4, -0.2) is 20.0 Å². The molecule has 0 bridgehead atoms. The van der Waals surface area contributed by atoms with Gasteiger partial charge in [-0.15, -0.1) is 5.10 Å². The van der Waals surface area contributed by atoms with Crippen molar-refractivity contribution >= 4 is 21.6 Å². The van der Waals surface area contributed by atoms with E-state index in [1.165, 1.54) is 0 Å². The number of hydrogen-bond acceptors (Lipinski definition) is 4. The van der Waals surface area contributed by atoms with E-state index in [1.54, 1.807) is 28.4 Å². The zero-order valence-corrected chi connectivity index (χ0v) is 7.98. The average Bonchev–Trinajstić information content (AvgIpc) is 2.86. The molecule has 0 saturated carbocycles. The van der Waals surface area contributed by atoms with Crippen LogP contribution in [-0.2, 0) is 0 Å². The van der Waals surface area contributed by atoms with Crippen LogP contribution in [0.5, 0.6) is 0 Å². The highest BCUT2D eigenvalue weighted by Crippen LogP contribution is 2.23. The second kappa shape index (κ2) is 2.88. The summed E-state index contributed by atoms with van der Waals surface area (Å²) in [6.07, 6.45) is 3.43. The van der Waals surface area contributed by atoms with E-state index in [-0.39, 0.29) is 0 Å². The third kappa shape index (κ3) is 1.10. The smallest absolute Gasteiger partial charge is 0.212 e. The van der Waals surface area contributed by atoms with Crippen molar-refractivity contribution in [1.82, 2.24) is 20.0 Å². The average molecular weight is 202 g/mol. The zero-order chi connectivity index (χ0) is 9.38. The molecule has 2 aromatic heterocycles. The van der Waals surface area contributed by atoms with Gasteiger partial charge in [0.2, 0.25) is 5.13 Å². The fraction of sp³-hybridized carbons (Fsp3) is 0. The Morgan fingerprint density at radius 3 is 2.93 bits per heavy atom. The van der Waals surface area contributed by atoms with Gasteiger partial charge in [0.05, 0.1) is 22.6 Å². The minimum absolute atomic E-state index is 0.851. The molecule has 1 aromatic carbocycles. The quantitative estimate of drug-likeness (QED) is 0.605. The van der Waals surface area contributed by atoms with Crippen molar-refractivity contribution in [2.45, 2.75) is 0 Å².